The summed E-state index contributed by atoms with van der Waals surface area (Å²) < 4.78 is 30.2. The van der Waals surface area contributed by atoms with Gasteiger partial charge in [-0.05, 0) is 14.0 Å². The lowest BCUT2D eigenvalue weighted by atomic mass is 10.3. The van der Waals surface area contributed by atoms with Crippen LogP contribution in [0.3, 0.4) is 0 Å². The molecule has 0 saturated heterocycles. The van der Waals surface area contributed by atoms with E-state index in [4.69, 9.17) is 4.42 Å². The Kier molecular flexibility index (Phi) is 2.66. The standard InChI is InChI=1S/C8H12F2N2O/c1-5(11-3)6-4-12-7(13-6)8(2,9)10/h4-5,11H,1-3H3. The minimum Gasteiger partial charge on any atom is -0.439 e. The van der Waals surface area contributed by atoms with Crippen molar-refractivity contribution >= 4 is 0 Å². The molecule has 0 radical (unpaired) electrons. The predicted octanol–water partition coefficient (Wildman–Crippen LogP) is 2.07. The molecule has 1 rings (SSSR count). The molecule has 0 amide bonds. The molecule has 13 heavy (non-hydrogen) atoms. The van der Waals surface area contributed by atoms with Crippen molar-refractivity contribution in [2.75, 3.05) is 7.05 Å². The lowest BCUT2D eigenvalue weighted by Crippen LogP contribution is -2.11. The smallest absolute Gasteiger partial charge is 0.319 e. The van der Waals surface area contributed by atoms with E-state index in [0.717, 1.165) is 6.92 Å². The molecule has 1 N–H and O–H groups in total. The topological polar surface area (TPSA) is 38.1 Å². The summed E-state index contributed by atoms with van der Waals surface area (Å²) in [6.07, 6.45) is 1.31. The zero-order valence-corrected chi connectivity index (χ0v) is 7.77. The van der Waals surface area contributed by atoms with Crippen LogP contribution in [0.4, 0.5) is 8.78 Å². The molecule has 1 unspecified atom stereocenters. The monoisotopic (exact) mass is 190 g/mol. The quantitative estimate of drug-likeness (QED) is 0.792. The third-order valence-corrected chi connectivity index (χ3v) is 1.76. The molecule has 0 saturated carbocycles. The number of nitrogens with one attached hydrogen (secondary N) is 1. The first kappa shape index (κ1) is 10.1. The number of hydrogen-bond acceptors (Lipinski definition) is 3. The highest BCUT2D eigenvalue weighted by Gasteiger charge is 2.31. The predicted molar refractivity (Wildman–Crippen MR) is 43.5 cm³/mol. The Labute approximate surface area is 75.2 Å². The van der Waals surface area contributed by atoms with Crippen LogP contribution in [0.15, 0.2) is 10.6 Å². The maximum Gasteiger partial charge on any atom is 0.319 e. The van der Waals surface area contributed by atoms with Crippen LogP contribution in [0.2, 0.25) is 0 Å². The molecule has 0 bridgehead atoms. The summed E-state index contributed by atoms with van der Waals surface area (Å²) in [5, 5.41) is 2.87. The zero-order chi connectivity index (χ0) is 10.1. The van der Waals surface area contributed by atoms with E-state index in [1.54, 1.807) is 14.0 Å². The number of hydrogen-bond donors (Lipinski definition) is 1. The van der Waals surface area contributed by atoms with E-state index in [2.05, 4.69) is 10.3 Å². The normalized spacial score (nSPS) is 14.5. The van der Waals surface area contributed by atoms with E-state index >= 15 is 0 Å². The minimum atomic E-state index is -3.01. The van der Waals surface area contributed by atoms with Gasteiger partial charge in [-0.25, -0.2) is 4.98 Å². The summed E-state index contributed by atoms with van der Waals surface area (Å²) in [4.78, 5) is 3.50. The molecule has 74 valence electrons. The molecule has 5 heteroatoms. The first-order valence-corrected chi connectivity index (χ1v) is 3.96. The van der Waals surface area contributed by atoms with Gasteiger partial charge in [-0.3, -0.25) is 0 Å². The highest BCUT2D eigenvalue weighted by Crippen LogP contribution is 2.27. The van der Waals surface area contributed by atoms with Crippen molar-refractivity contribution < 1.29 is 13.2 Å². The molecule has 0 spiro atoms. The zero-order valence-electron chi connectivity index (χ0n) is 7.77. The van der Waals surface area contributed by atoms with Crippen LogP contribution >= 0.6 is 0 Å². The first-order chi connectivity index (χ1) is 5.95. The van der Waals surface area contributed by atoms with Crippen LogP contribution in [-0.4, -0.2) is 12.0 Å². The van der Waals surface area contributed by atoms with Gasteiger partial charge in [0, 0.05) is 6.92 Å². The summed E-state index contributed by atoms with van der Waals surface area (Å²) in [5.74, 6) is -3.13. The maximum atomic E-state index is 12.7. The van der Waals surface area contributed by atoms with Crippen molar-refractivity contribution in [3.63, 3.8) is 0 Å². The summed E-state index contributed by atoms with van der Waals surface area (Å²) in [6, 6.07) is -0.108. The molecule has 3 nitrogen and oxygen atoms in total. The Morgan fingerprint density at radius 1 is 1.62 bits per heavy atom. The molecule has 0 aliphatic heterocycles. The second-order valence-electron chi connectivity index (χ2n) is 2.97. The molecular weight excluding hydrogens is 178 g/mol. The molecule has 1 atom stereocenters. The number of rotatable bonds is 3. The van der Waals surface area contributed by atoms with Crippen LogP contribution in [-0.2, 0) is 5.92 Å². The van der Waals surface area contributed by atoms with E-state index in [-0.39, 0.29) is 6.04 Å². The van der Waals surface area contributed by atoms with E-state index in [1.807, 2.05) is 0 Å². The van der Waals surface area contributed by atoms with Crippen molar-refractivity contribution in [1.29, 1.82) is 0 Å². The minimum absolute atomic E-state index is 0.108. The van der Waals surface area contributed by atoms with Gasteiger partial charge in [0.25, 0.3) is 5.89 Å². The lowest BCUT2D eigenvalue weighted by Gasteiger charge is -2.06. The van der Waals surface area contributed by atoms with E-state index in [1.165, 1.54) is 6.20 Å². The number of aromatic nitrogens is 1. The van der Waals surface area contributed by atoms with Crippen LogP contribution in [0.25, 0.3) is 0 Å². The summed E-state index contributed by atoms with van der Waals surface area (Å²) in [7, 11) is 1.72. The second-order valence-corrected chi connectivity index (χ2v) is 2.97. The Hall–Kier alpha value is -0.970. The van der Waals surface area contributed by atoms with Gasteiger partial charge < -0.3 is 9.73 Å². The fraction of sp³-hybridized carbons (Fsp3) is 0.625. The molecule has 1 heterocycles. The molecular formula is C8H12F2N2O. The molecule has 1 aromatic rings. The van der Waals surface area contributed by atoms with Gasteiger partial charge in [0.15, 0.2) is 0 Å². The number of nitrogens with zero attached hydrogens (tertiary/aromatic N) is 1. The highest BCUT2D eigenvalue weighted by atomic mass is 19.3. The highest BCUT2D eigenvalue weighted by molar-refractivity contribution is 5.01. The molecule has 0 aromatic carbocycles. The summed E-state index contributed by atoms with van der Waals surface area (Å²) in [6.45, 7) is 2.56. The van der Waals surface area contributed by atoms with Gasteiger partial charge in [-0.1, -0.05) is 0 Å². The molecule has 0 fully saturated rings. The Morgan fingerprint density at radius 3 is 2.62 bits per heavy atom. The fourth-order valence-corrected chi connectivity index (χ4v) is 0.832. The van der Waals surface area contributed by atoms with Crippen molar-refractivity contribution in [3.05, 3.63) is 17.8 Å². The summed E-state index contributed by atoms with van der Waals surface area (Å²) in [5.41, 5.74) is 0. The molecule has 0 aliphatic carbocycles. The van der Waals surface area contributed by atoms with Gasteiger partial charge in [0.05, 0.1) is 12.2 Å². The second kappa shape index (κ2) is 3.41. The van der Waals surface area contributed by atoms with Gasteiger partial charge in [0.2, 0.25) is 0 Å². The number of alkyl halides is 2. The van der Waals surface area contributed by atoms with Crippen molar-refractivity contribution in [2.45, 2.75) is 25.8 Å². The van der Waals surface area contributed by atoms with Crippen LogP contribution < -0.4 is 5.32 Å². The third-order valence-electron chi connectivity index (χ3n) is 1.76. The Bertz CT molecular complexity index is 280. The van der Waals surface area contributed by atoms with Gasteiger partial charge in [0.1, 0.15) is 5.76 Å². The number of halogens is 2. The van der Waals surface area contributed by atoms with Gasteiger partial charge in [-0.15, -0.1) is 0 Å². The van der Waals surface area contributed by atoms with E-state index in [0.29, 0.717) is 5.76 Å². The van der Waals surface area contributed by atoms with Crippen LogP contribution in [0.1, 0.15) is 31.5 Å². The van der Waals surface area contributed by atoms with Crippen molar-refractivity contribution in [1.82, 2.24) is 10.3 Å². The Balaban J connectivity index is 2.87. The van der Waals surface area contributed by atoms with Crippen LogP contribution in [0.5, 0.6) is 0 Å². The average Bonchev–Trinajstić information content (AvgIpc) is 2.50. The lowest BCUT2D eigenvalue weighted by molar-refractivity contribution is -0.0121. The SMILES string of the molecule is CNC(C)c1cnc(C(C)(F)F)o1. The van der Waals surface area contributed by atoms with Gasteiger partial charge >= 0.3 is 5.92 Å². The average molecular weight is 190 g/mol. The van der Waals surface area contributed by atoms with E-state index in [9.17, 15) is 8.78 Å². The molecule has 0 aliphatic rings. The van der Waals surface area contributed by atoms with E-state index < -0.39 is 11.8 Å². The largest absolute Gasteiger partial charge is 0.439 e. The Morgan fingerprint density at radius 2 is 2.23 bits per heavy atom. The van der Waals surface area contributed by atoms with Crippen molar-refractivity contribution in [2.24, 2.45) is 0 Å². The fourth-order valence-electron chi connectivity index (χ4n) is 0.832. The van der Waals surface area contributed by atoms with Crippen LogP contribution in [0, 0.1) is 0 Å². The third kappa shape index (κ3) is 2.24. The molecule has 1 aromatic heterocycles. The maximum absolute atomic E-state index is 12.7. The number of oxazole rings is 1. The van der Waals surface area contributed by atoms with Gasteiger partial charge in [-0.2, -0.15) is 8.78 Å². The summed E-state index contributed by atoms with van der Waals surface area (Å²) >= 11 is 0. The first-order valence-electron chi connectivity index (χ1n) is 3.96. The van der Waals surface area contributed by atoms with Crippen molar-refractivity contribution in [3.8, 4) is 0 Å².